The van der Waals surface area contributed by atoms with Crippen molar-refractivity contribution in [1.29, 1.82) is 0 Å². The van der Waals surface area contributed by atoms with E-state index < -0.39 is 11.2 Å². The summed E-state index contributed by atoms with van der Waals surface area (Å²) in [6, 6.07) is 22.0. The molecule has 6 rings (SSSR count). The Balaban J connectivity index is 1.14. The molecule has 0 saturated carbocycles. The molecule has 2 aromatic heterocycles. The van der Waals surface area contributed by atoms with E-state index in [1.54, 1.807) is 29.2 Å². The van der Waals surface area contributed by atoms with E-state index in [4.69, 9.17) is 4.74 Å². The summed E-state index contributed by atoms with van der Waals surface area (Å²) in [5, 5.41) is 21.7. The van der Waals surface area contributed by atoms with Gasteiger partial charge < -0.3 is 9.57 Å². The summed E-state index contributed by atoms with van der Waals surface area (Å²) >= 11 is 0. The fraction of sp³-hybridized carbons (Fsp3) is 0.219. The number of fused-ring (bicyclic) bond motifs is 1. The van der Waals surface area contributed by atoms with E-state index in [0.29, 0.717) is 47.7 Å². The standard InChI is InChI=1S/C32H28N8O6/c1-20-26-15-16-29(41)38(31(26)34-21(2)33-20)17-22-11-13-25(14-12-22)27-5-3-4-6-28(27)30-35-37-39(36-30)32(42)45-18-23-7-9-24(10-8-23)19-46-40(43)44/h3-14H,15-19H2,1-2H3. The summed E-state index contributed by atoms with van der Waals surface area (Å²) in [5.74, 6) is 1.59. The molecule has 46 heavy (non-hydrogen) atoms. The van der Waals surface area contributed by atoms with Crippen LogP contribution in [0.3, 0.4) is 0 Å². The van der Waals surface area contributed by atoms with Crippen molar-refractivity contribution < 1.29 is 24.3 Å². The molecule has 0 saturated heterocycles. The van der Waals surface area contributed by atoms with E-state index in [9.17, 15) is 19.7 Å². The average molecular weight is 621 g/mol. The van der Waals surface area contributed by atoms with Gasteiger partial charge in [0, 0.05) is 23.2 Å². The summed E-state index contributed by atoms with van der Waals surface area (Å²) in [5.41, 5.74) is 6.53. The molecule has 0 unspecified atom stereocenters. The van der Waals surface area contributed by atoms with Crippen molar-refractivity contribution >= 4 is 17.8 Å². The minimum Gasteiger partial charge on any atom is -0.442 e. The van der Waals surface area contributed by atoms with Gasteiger partial charge in [0.15, 0.2) is 0 Å². The second-order valence-corrected chi connectivity index (χ2v) is 10.7. The number of hydrogen-bond donors (Lipinski definition) is 0. The lowest BCUT2D eigenvalue weighted by Crippen LogP contribution is -2.36. The molecule has 3 aromatic carbocycles. The van der Waals surface area contributed by atoms with Crippen molar-refractivity contribution in [2.24, 2.45) is 0 Å². The molecule has 0 radical (unpaired) electrons. The number of rotatable bonds is 9. The van der Waals surface area contributed by atoms with E-state index >= 15 is 0 Å². The van der Waals surface area contributed by atoms with Gasteiger partial charge >= 0.3 is 6.09 Å². The maximum Gasteiger partial charge on any atom is 0.454 e. The van der Waals surface area contributed by atoms with Gasteiger partial charge in [-0.15, -0.1) is 20.3 Å². The lowest BCUT2D eigenvalue weighted by molar-refractivity contribution is -0.763. The van der Waals surface area contributed by atoms with Crippen LogP contribution in [0.5, 0.6) is 0 Å². The normalized spacial score (nSPS) is 12.5. The number of aryl methyl sites for hydroxylation is 2. The van der Waals surface area contributed by atoms with Gasteiger partial charge in [-0.25, -0.2) is 14.8 Å². The van der Waals surface area contributed by atoms with Gasteiger partial charge in [0.05, 0.1) is 6.54 Å². The summed E-state index contributed by atoms with van der Waals surface area (Å²) in [6.07, 6.45) is 0.247. The number of tetrazole rings is 1. The second-order valence-electron chi connectivity index (χ2n) is 10.7. The third kappa shape index (κ3) is 6.55. The van der Waals surface area contributed by atoms with E-state index in [1.165, 1.54) is 0 Å². The topological polar surface area (TPSA) is 168 Å². The van der Waals surface area contributed by atoms with Gasteiger partial charge in [0.25, 0.3) is 5.09 Å². The zero-order valence-electron chi connectivity index (χ0n) is 25.0. The first-order valence-corrected chi connectivity index (χ1v) is 14.4. The van der Waals surface area contributed by atoms with Crippen LogP contribution in [-0.2, 0) is 40.5 Å². The number of aromatic nitrogens is 6. The SMILES string of the molecule is Cc1nc(C)c2c(n1)N(Cc1ccc(-c3ccccc3-c3nnn(C(=O)OCc4ccc(CO[N+](=O)[O-])cc4)n3)cc1)C(=O)CC2. The Kier molecular flexibility index (Phi) is 8.41. The predicted molar refractivity (Wildman–Crippen MR) is 164 cm³/mol. The molecule has 14 heteroatoms. The molecule has 14 nitrogen and oxygen atoms in total. The number of anilines is 1. The molecule has 0 bridgehead atoms. The first-order valence-electron chi connectivity index (χ1n) is 14.4. The summed E-state index contributed by atoms with van der Waals surface area (Å²) in [6.45, 7) is 3.94. The molecule has 0 N–H and O–H groups in total. The monoisotopic (exact) mass is 620 g/mol. The molecular weight excluding hydrogens is 592 g/mol. The number of ether oxygens (including phenoxy) is 1. The molecule has 1 aliphatic rings. The predicted octanol–water partition coefficient (Wildman–Crippen LogP) is 4.79. The lowest BCUT2D eigenvalue weighted by atomic mass is 9.98. The molecule has 1 aliphatic heterocycles. The Morgan fingerprint density at radius 1 is 0.891 bits per heavy atom. The molecule has 0 fully saturated rings. The quantitative estimate of drug-likeness (QED) is 0.164. The van der Waals surface area contributed by atoms with Crippen molar-refractivity contribution in [3.05, 3.63) is 117 Å². The molecule has 0 spiro atoms. The van der Waals surface area contributed by atoms with E-state index in [1.807, 2.05) is 62.4 Å². The van der Waals surface area contributed by atoms with E-state index in [2.05, 4.69) is 30.2 Å². The first-order chi connectivity index (χ1) is 22.2. The van der Waals surface area contributed by atoms with Crippen LogP contribution in [0.4, 0.5) is 10.6 Å². The number of carbonyl (C=O) groups is 2. The molecule has 5 aromatic rings. The van der Waals surface area contributed by atoms with Crippen LogP contribution in [0.15, 0.2) is 72.8 Å². The maximum atomic E-state index is 12.9. The Morgan fingerprint density at radius 3 is 2.28 bits per heavy atom. The Morgan fingerprint density at radius 2 is 1.57 bits per heavy atom. The summed E-state index contributed by atoms with van der Waals surface area (Å²) in [7, 11) is 0. The largest absolute Gasteiger partial charge is 0.454 e. The Labute approximate surface area is 262 Å². The second kappa shape index (κ2) is 12.9. The highest BCUT2D eigenvalue weighted by Crippen LogP contribution is 2.32. The van der Waals surface area contributed by atoms with Crippen LogP contribution in [-0.4, -0.2) is 47.3 Å². The summed E-state index contributed by atoms with van der Waals surface area (Å²) in [4.78, 5) is 51.8. The number of hydrogen-bond acceptors (Lipinski definition) is 11. The smallest absolute Gasteiger partial charge is 0.442 e. The minimum absolute atomic E-state index is 0.0327. The number of nitrogens with zero attached hydrogens (tertiary/aromatic N) is 8. The molecule has 1 amide bonds. The fourth-order valence-corrected chi connectivity index (χ4v) is 5.25. The van der Waals surface area contributed by atoms with Crippen LogP contribution in [0.25, 0.3) is 22.5 Å². The lowest BCUT2D eigenvalue weighted by Gasteiger charge is -2.29. The number of carbonyl (C=O) groups excluding carboxylic acids is 2. The number of benzene rings is 3. The van der Waals surface area contributed by atoms with Gasteiger partial charge in [0.2, 0.25) is 11.7 Å². The van der Waals surface area contributed by atoms with Gasteiger partial charge in [-0.3, -0.25) is 9.69 Å². The number of amides is 1. The van der Waals surface area contributed by atoms with Crippen molar-refractivity contribution in [1.82, 2.24) is 30.2 Å². The average Bonchev–Trinajstić information content (AvgIpc) is 3.55. The van der Waals surface area contributed by atoms with Crippen LogP contribution >= 0.6 is 0 Å². The maximum absolute atomic E-state index is 12.9. The minimum atomic E-state index is -0.860. The van der Waals surface area contributed by atoms with Crippen LogP contribution in [0.1, 0.15) is 40.2 Å². The fourth-order valence-electron chi connectivity index (χ4n) is 5.25. The molecule has 232 valence electrons. The van der Waals surface area contributed by atoms with E-state index in [-0.39, 0.29) is 24.9 Å². The van der Waals surface area contributed by atoms with Gasteiger partial charge in [-0.2, -0.15) is 0 Å². The third-order valence-electron chi connectivity index (χ3n) is 7.52. The highest BCUT2D eigenvalue weighted by atomic mass is 16.9. The van der Waals surface area contributed by atoms with Gasteiger partial charge in [-0.1, -0.05) is 77.6 Å². The van der Waals surface area contributed by atoms with Crippen molar-refractivity contribution in [3.8, 4) is 22.5 Å². The van der Waals surface area contributed by atoms with Gasteiger partial charge in [-0.05, 0) is 53.3 Å². The van der Waals surface area contributed by atoms with Crippen molar-refractivity contribution in [2.75, 3.05) is 4.90 Å². The first kappa shape index (κ1) is 30.0. The third-order valence-corrected chi connectivity index (χ3v) is 7.52. The van der Waals surface area contributed by atoms with Crippen molar-refractivity contribution in [3.63, 3.8) is 0 Å². The zero-order chi connectivity index (χ0) is 32.2. The molecule has 3 heterocycles. The highest BCUT2D eigenvalue weighted by molar-refractivity contribution is 5.95. The van der Waals surface area contributed by atoms with Crippen LogP contribution < -0.4 is 4.90 Å². The Hall–Kier alpha value is -6.05. The van der Waals surface area contributed by atoms with Crippen LogP contribution in [0, 0.1) is 24.0 Å². The van der Waals surface area contributed by atoms with Gasteiger partial charge in [0.1, 0.15) is 24.9 Å². The molecular formula is C32H28N8O6. The summed E-state index contributed by atoms with van der Waals surface area (Å²) < 4.78 is 5.32. The zero-order valence-corrected chi connectivity index (χ0v) is 25.0. The van der Waals surface area contributed by atoms with Crippen LogP contribution in [0.2, 0.25) is 0 Å². The molecule has 0 aliphatic carbocycles. The Bertz CT molecular complexity index is 1920. The van der Waals surface area contributed by atoms with E-state index in [0.717, 1.165) is 32.7 Å². The molecule has 0 atom stereocenters. The van der Waals surface area contributed by atoms with Crippen molar-refractivity contribution in [2.45, 2.75) is 46.4 Å². The highest BCUT2D eigenvalue weighted by Gasteiger charge is 2.28.